The van der Waals surface area contributed by atoms with E-state index in [1.807, 2.05) is 18.2 Å². The maximum atomic E-state index is 6.22. The van der Waals surface area contributed by atoms with E-state index in [0.717, 1.165) is 28.2 Å². The van der Waals surface area contributed by atoms with Crippen LogP contribution < -0.4 is 15.5 Å². The number of anilines is 3. The lowest BCUT2D eigenvalue weighted by atomic mass is 10.1. The van der Waals surface area contributed by atoms with Crippen molar-refractivity contribution in [1.29, 1.82) is 0 Å². The summed E-state index contributed by atoms with van der Waals surface area (Å²) in [7, 11) is 4.19. The molecule has 1 saturated heterocycles. The molecule has 2 aliphatic heterocycles. The van der Waals surface area contributed by atoms with Crippen molar-refractivity contribution in [1.82, 2.24) is 0 Å². The molecule has 2 N–H and O–H groups in total. The van der Waals surface area contributed by atoms with Crippen LogP contribution in [0.15, 0.2) is 42.5 Å². The molecule has 0 aliphatic carbocycles. The average Bonchev–Trinajstić information content (AvgIpc) is 3.17. The van der Waals surface area contributed by atoms with Crippen molar-refractivity contribution < 1.29 is 9.47 Å². The zero-order valence-electron chi connectivity index (χ0n) is 13.4. The Morgan fingerprint density at radius 3 is 2.35 bits per heavy atom. The monoisotopic (exact) mass is 311 g/mol. The minimum atomic E-state index is -0.285. The van der Waals surface area contributed by atoms with Crippen molar-refractivity contribution in [3.63, 3.8) is 0 Å². The summed E-state index contributed by atoms with van der Waals surface area (Å²) >= 11 is 0. The number of rotatable bonds is 2. The van der Waals surface area contributed by atoms with Crippen molar-refractivity contribution in [3.8, 4) is 0 Å². The molecule has 2 aliphatic rings. The van der Waals surface area contributed by atoms with E-state index in [-0.39, 0.29) is 12.5 Å². The molecule has 0 aromatic heterocycles. The van der Waals surface area contributed by atoms with E-state index in [1.165, 1.54) is 0 Å². The van der Waals surface area contributed by atoms with Crippen molar-refractivity contribution in [2.45, 2.75) is 12.5 Å². The molecule has 0 saturated carbocycles. The number of nitrogens with zero attached hydrogens (tertiary/aromatic N) is 2. The molecule has 1 unspecified atom stereocenters. The predicted molar refractivity (Wildman–Crippen MR) is 91.5 cm³/mol. The van der Waals surface area contributed by atoms with Gasteiger partial charge in [0.15, 0.2) is 6.29 Å². The molecule has 2 aromatic rings. The van der Waals surface area contributed by atoms with Gasteiger partial charge in [0.05, 0.1) is 24.6 Å². The number of para-hydroxylation sites is 2. The lowest BCUT2D eigenvalue weighted by molar-refractivity contribution is -0.0436. The third-order valence-corrected chi connectivity index (χ3v) is 4.66. The summed E-state index contributed by atoms with van der Waals surface area (Å²) in [5.74, 6) is 0. The number of nitrogens with two attached hydrogens (primary N) is 1. The molecule has 2 aromatic carbocycles. The molecule has 0 bridgehead atoms. The first kappa shape index (κ1) is 14.4. The predicted octanol–water partition coefficient (Wildman–Crippen LogP) is 2.90. The third kappa shape index (κ3) is 2.16. The first-order chi connectivity index (χ1) is 11.2. The molecule has 5 heteroatoms. The van der Waals surface area contributed by atoms with Crippen LogP contribution in [0, 0.1) is 0 Å². The Bertz CT molecular complexity index is 728. The number of benzene rings is 2. The van der Waals surface area contributed by atoms with Gasteiger partial charge in [0, 0.05) is 30.9 Å². The Kier molecular flexibility index (Phi) is 3.39. The summed E-state index contributed by atoms with van der Waals surface area (Å²) in [5, 5.41) is 0. The summed E-state index contributed by atoms with van der Waals surface area (Å²) in [4.78, 5) is 4.50. The number of hydrogen-bond donors (Lipinski definition) is 1. The first-order valence-electron chi connectivity index (χ1n) is 7.84. The summed E-state index contributed by atoms with van der Waals surface area (Å²) in [5.41, 5.74) is 11.5. The maximum Gasteiger partial charge on any atom is 0.186 e. The minimum Gasteiger partial charge on any atom is -0.398 e. The standard InChI is InChI=1S/C18H21N3O2/c1-20-15-9-5-7-13(18-22-10-11-23-18)16(15)21(2)17(20)12-6-3-4-8-14(12)19/h3-9,17-18H,10-11,19H2,1-2H3. The van der Waals surface area contributed by atoms with Gasteiger partial charge in [-0.1, -0.05) is 30.3 Å². The van der Waals surface area contributed by atoms with Gasteiger partial charge < -0.3 is 25.0 Å². The molecular weight excluding hydrogens is 290 g/mol. The van der Waals surface area contributed by atoms with Gasteiger partial charge in [-0.05, 0) is 12.1 Å². The SMILES string of the molecule is CN1c2cccc(C3OCCO3)c2N(C)C1c1ccccc1N. The van der Waals surface area contributed by atoms with Crippen molar-refractivity contribution in [3.05, 3.63) is 53.6 Å². The molecule has 2 heterocycles. The highest BCUT2D eigenvalue weighted by molar-refractivity contribution is 5.81. The van der Waals surface area contributed by atoms with E-state index >= 15 is 0 Å². The first-order valence-corrected chi connectivity index (χ1v) is 7.84. The van der Waals surface area contributed by atoms with Crippen molar-refractivity contribution >= 4 is 17.1 Å². The molecule has 120 valence electrons. The third-order valence-electron chi connectivity index (χ3n) is 4.66. The molecule has 0 radical (unpaired) electrons. The highest BCUT2D eigenvalue weighted by atomic mass is 16.7. The zero-order valence-corrected chi connectivity index (χ0v) is 13.4. The van der Waals surface area contributed by atoms with Crippen LogP contribution in [0.5, 0.6) is 0 Å². The molecule has 0 spiro atoms. The summed E-state index contributed by atoms with van der Waals surface area (Å²) < 4.78 is 11.4. The fourth-order valence-corrected chi connectivity index (χ4v) is 3.62. The van der Waals surface area contributed by atoms with E-state index in [2.05, 4.69) is 48.2 Å². The normalized spacial score (nSPS) is 21.0. The Morgan fingerprint density at radius 1 is 0.913 bits per heavy atom. The van der Waals surface area contributed by atoms with Crippen molar-refractivity contribution in [2.75, 3.05) is 42.8 Å². The van der Waals surface area contributed by atoms with E-state index in [9.17, 15) is 0 Å². The zero-order chi connectivity index (χ0) is 16.0. The maximum absolute atomic E-state index is 6.22. The van der Waals surface area contributed by atoms with Gasteiger partial charge in [0.2, 0.25) is 0 Å². The second-order valence-electron chi connectivity index (χ2n) is 6.01. The number of hydrogen-bond acceptors (Lipinski definition) is 5. The summed E-state index contributed by atoms with van der Waals surface area (Å²) in [6.45, 7) is 1.28. The second-order valence-corrected chi connectivity index (χ2v) is 6.01. The Morgan fingerprint density at radius 2 is 1.61 bits per heavy atom. The molecule has 1 fully saturated rings. The van der Waals surface area contributed by atoms with E-state index in [0.29, 0.717) is 13.2 Å². The van der Waals surface area contributed by atoms with Gasteiger partial charge in [-0.25, -0.2) is 0 Å². The molecule has 4 rings (SSSR count). The van der Waals surface area contributed by atoms with E-state index in [1.54, 1.807) is 0 Å². The topological polar surface area (TPSA) is 51.0 Å². The number of nitrogen functional groups attached to an aromatic ring is 1. The van der Waals surface area contributed by atoms with Gasteiger partial charge in [-0.2, -0.15) is 0 Å². The Labute approximate surface area is 136 Å². The molecule has 1 atom stereocenters. The van der Waals surface area contributed by atoms with Crippen LogP contribution in [0.3, 0.4) is 0 Å². The second kappa shape index (κ2) is 5.44. The van der Waals surface area contributed by atoms with Crippen LogP contribution in [0.1, 0.15) is 23.6 Å². The van der Waals surface area contributed by atoms with Gasteiger partial charge in [-0.15, -0.1) is 0 Å². The number of ether oxygens (including phenoxy) is 2. The molecule has 5 nitrogen and oxygen atoms in total. The fraction of sp³-hybridized carbons (Fsp3) is 0.333. The minimum absolute atomic E-state index is 0.0637. The van der Waals surface area contributed by atoms with Crippen LogP contribution in [0.4, 0.5) is 17.1 Å². The summed E-state index contributed by atoms with van der Waals surface area (Å²) in [6.07, 6.45) is -0.221. The highest BCUT2D eigenvalue weighted by Crippen LogP contribution is 2.49. The van der Waals surface area contributed by atoms with Crippen LogP contribution in [-0.2, 0) is 9.47 Å². The molecule has 23 heavy (non-hydrogen) atoms. The van der Waals surface area contributed by atoms with Gasteiger partial charge in [0.1, 0.15) is 6.17 Å². The quantitative estimate of drug-likeness (QED) is 0.864. The van der Waals surface area contributed by atoms with Gasteiger partial charge >= 0.3 is 0 Å². The van der Waals surface area contributed by atoms with Crippen LogP contribution >= 0.6 is 0 Å². The highest BCUT2D eigenvalue weighted by Gasteiger charge is 2.37. The average molecular weight is 311 g/mol. The lowest BCUT2D eigenvalue weighted by Crippen LogP contribution is -2.31. The fourth-order valence-electron chi connectivity index (χ4n) is 3.62. The van der Waals surface area contributed by atoms with Crippen LogP contribution in [0.2, 0.25) is 0 Å². The lowest BCUT2D eigenvalue weighted by Gasteiger charge is -2.29. The van der Waals surface area contributed by atoms with Gasteiger partial charge in [-0.3, -0.25) is 0 Å². The van der Waals surface area contributed by atoms with Crippen LogP contribution in [-0.4, -0.2) is 27.3 Å². The molecule has 0 amide bonds. The smallest absolute Gasteiger partial charge is 0.186 e. The van der Waals surface area contributed by atoms with E-state index in [4.69, 9.17) is 15.2 Å². The van der Waals surface area contributed by atoms with Crippen molar-refractivity contribution in [2.24, 2.45) is 0 Å². The van der Waals surface area contributed by atoms with Crippen LogP contribution in [0.25, 0.3) is 0 Å². The summed E-state index contributed by atoms with van der Waals surface area (Å²) in [6, 6.07) is 14.3. The van der Waals surface area contributed by atoms with Gasteiger partial charge in [0.25, 0.3) is 0 Å². The Hall–Kier alpha value is -2.24. The largest absolute Gasteiger partial charge is 0.398 e. The molecular formula is C18H21N3O2. The number of fused-ring (bicyclic) bond motifs is 1. The Balaban J connectivity index is 1.80. The van der Waals surface area contributed by atoms with E-state index < -0.39 is 0 Å².